The molecule has 1 unspecified atom stereocenters. The minimum absolute atomic E-state index is 0.132. The number of benzene rings is 1. The summed E-state index contributed by atoms with van der Waals surface area (Å²) in [7, 11) is 0. The van der Waals surface area contributed by atoms with Gasteiger partial charge in [-0.15, -0.1) is 0 Å². The third-order valence-corrected chi connectivity index (χ3v) is 1.72. The largest absolute Gasteiger partial charge is 0.395 e. The summed E-state index contributed by atoms with van der Waals surface area (Å²) in [4.78, 5) is 10.3. The molecule has 68 valence electrons. The number of aliphatic hydroxyl groups excluding tert-OH is 1. The first kappa shape index (κ1) is 9.68. The SMILES string of the molecule is O=CC(C=Cc1ccccc1)CO. The van der Waals surface area contributed by atoms with Crippen molar-refractivity contribution in [3.8, 4) is 0 Å². The molecule has 0 aliphatic rings. The number of aldehydes is 1. The molecular formula is C11H12O2. The quantitative estimate of drug-likeness (QED) is 0.706. The summed E-state index contributed by atoms with van der Waals surface area (Å²) in [6.07, 6.45) is 4.26. The maximum absolute atomic E-state index is 10.3. The van der Waals surface area contributed by atoms with Crippen LogP contribution in [0, 0.1) is 5.92 Å². The number of hydrogen-bond donors (Lipinski definition) is 1. The first-order valence-corrected chi connectivity index (χ1v) is 4.16. The highest BCUT2D eigenvalue weighted by atomic mass is 16.3. The zero-order chi connectivity index (χ0) is 9.52. The highest BCUT2D eigenvalue weighted by Crippen LogP contribution is 2.03. The predicted molar refractivity (Wildman–Crippen MR) is 52.1 cm³/mol. The van der Waals surface area contributed by atoms with Gasteiger partial charge < -0.3 is 9.90 Å². The fraction of sp³-hybridized carbons (Fsp3) is 0.182. The molecule has 1 atom stereocenters. The van der Waals surface area contributed by atoms with E-state index in [1.807, 2.05) is 36.4 Å². The van der Waals surface area contributed by atoms with Gasteiger partial charge >= 0.3 is 0 Å². The minimum atomic E-state index is -0.389. The van der Waals surface area contributed by atoms with Gasteiger partial charge in [0.15, 0.2) is 0 Å². The second-order valence-electron chi connectivity index (χ2n) is 2.75. The molecule has 0 aliphatic carbocycles. The first-order valence-electron chi connectivity index (χ1n) is 4.16. The highest BCUT2D eigenvalue weighted by Gasteiger charge is 1.97. The molecule has 0 spiro atoms. The van der Waals surface area contributed by atoms with Crippen LogP contribution in [-0.2, 0) is 4.79 Å². The van der Waals surface area contributed by atoms with E-state index in [0.717, 1.165) is 11.8 Å². The summed E-state index contributed by atoms with van der Waals surface area (Å²) < 4.78 is 0. The van der Waals surface area contributed by atoms with E-state index in [4.69, 9.17) is 5.11 Å². The Balaban J connectivity index is 2.62. The van der Waals surface area contributed by atoms with E-state index < -0.39 is 0 Å². The van der Waals surface area contributed by atoms with E-state index in [9.17, 15) is 4.79 Å². The third kappa shape index (κ3) is 3.22. The fourth-order valence-corrected chi connectivity index (χ4v) is 0.948. The molecule has 0 aliphatic heterocycles. The molecule has 13 heavy (non-hydrogen) atoms. The molecule has 1 aromatic rings. The normalized spacial score (nSPS) is 13.0. The lowest BCUT2D eigenvalue weighted by Gasteiger charge is -1.97. The summed E-state index contributed by atoms with van der Waals surface area (Å²) >= 11 is 0. The van der Waals surface area contributed by atoms with Crippen LogP contribution in [0.3, 0.4) is 0 Å². The van der Waals surface area contributed by atoms with E-state index in [-0.39, 0.29) is 12.5 Å². The lowest BCUT2D eigenvalue weighted by molar-refractivity contribution is -0.110. The van der Waals surface area contributed by atoms with E-state index in [2.05, 4.69) is 0 Å². The van der Waals surface area contributed by atoms with Crippen molar-refractivity contribution in [2.75, 3.05) is 6.61 Å². The van der Waals surface area contributed by atoms with Crippen LogP contribution in [0.25, 0.3) is 6.08 Å². The first-order chi connectivity index (χ1) is 6.36. The lowest BCUT2D eigenvalue weighted by Crippen LogP contribution is -2.02. The standard InChI is InChI=1S/C11H12O2/c12-8-11(9-13)7-6-10-4-2-1-3-5-10/h1-8,11,13H,9H2. The fourth-order valence-electron chi connectivity index (χ4n) is 0.948. The molecule has 0 fully saturated rings. The van der Waals surface area contributed by atoms with Crippen LogP contribution in [0.1, 0.15) is 5.56 Å². The van der Waals surface area contributed by atoms with Crippen LogP contribution in [-0.4, -0.2) is 18.0 Å². The molecule has 0 amide bonds. The Bertz CT molecular complexity index is 277. The van der Waals surface area contributed by atoms with Crippen molar-refractivity contribution in [1.82, 2.24) is 0 Å². The molecule has 1 rings (SSSR count). The molecule has 0 bridgehead atoms. The van der Waals surface area contributed by atoms with Crippen molar-refractivity contribution in [1.29, 1.82) is 0 Å². The average Bonchev–Trinajstić information content (AvgIpc) is 2.21. The second-order valence-corrected chi connectivity index (χ2v) is 2.75. The Morgan fingerprint density at radius 3 is 2.54 bits per heavy atom. The van der Waals surface area contributed by atoms with Crippen molar-refractivity contribution in [3.05, 3.63) is 42.0 Å². The van der Waals surface area contributed by atoms with Gasteiger partial charge in [0, 0.05) is 0 Å². The molecule has 0 aromatic heterocycles. The lowest BCUT2D eigenvalue weighted by atomic mass is 10.1. The number of carbonyl (C=O) groups excluding carboxylic acids is 1. The van der Waals surface area contributed by atoms with Gasteiger partial charge in [0.2, 0.25) is 0 Å². The van der Waals surface area contributed by atoms with Gasteiger partial charge in [-0.2, -0.15) is 0 Å². The van der Waals surface area contributed by atoms with Crippen molar-refractivity contribution < 1.29 is 9.90 Å². The molecule has 0 saturated heterocycles. The summed E-state index contributed by atoms with van der Waals surface area (Å²) in [6.45, 7) is -0.132. The molecule has 0 radical (unpaired) electrons. The van der Waals surface area contributed by atoms with Crippen LogP contribution in [0.5, 0.6) is 0 Å². The number of carbonyl (C=O) groups is 1. The number of rotatable bonds is 4. The topological polar surface area (TPSA) is 37.3 Å². The Kier molecular flexibility index (Phi) is 3.93. The maximum atomic E-state index is 10.3. The smallest absolute Gasteiger partial charge is 0.129 e. The van der Waals surface area contributed by atoms with Gasteiger partial charge in [0.1, 0.15) is 6.29 Å². The van der Waals surface area contributed by atoms with E-state index >= 15 is 0 Å². The Hall–Kier alpha value is -1.41. The minimum Gasteiger partial charge on any atom is -0.395 e. The number of aliphatic hydroxyl groups is 1. The van der Waals surface area contributed by atoms with E-state index in [1.165, 1.54) is 0 Å². The van der Waals surface area contributed by atoms with Crippen LogP contribution in [0.2, 0.25) is 0 Å². The summed E-state index contributed by atoms with van der Waals surface area (Å²) in [5.74, 6) is -0.389. The van der Waals surface area contributed by atoms with Crippen LogP contribution in [0.4, 0.5) is 0 Å². The molecule has 2 heteroatoms. The third-order valence-electron chi connectivity index (χ3n) is 1.72. The molecule has 0 heterocycles. The Labute approximate surface area is 77.5 Å². The Morgan fingerprint density at radius 2 is 2.00 bits per heavy atom. The summed E-state index contributed by atoms with van der Waals surface area (Å²) in [5, 5.41) is 8.72. The molecular weight excluding hydrogens is 164 g/mol. The highest BCUT2D eigenvalue weighted by molar-refractivity contribution is 5.61. The van der Waals surface area contributed by atoms with Crippen LogP contribution in [0.15, 0.2) is 36.4 Å². The Morgan fingerprint density at radius 1 is 1.31 bits per heavy atom. The second kappa shape index (κ2) is 5.27. The van der Waals surface area contributed by atoms with Crippen LogP contribution >= 0.6 is 0 Å². The monoisotopic (exact) mass is 176 g/mol. The zero-order valence-corrected chi connectivity index (χ0v) is 7.26. The van der Waals surface area contributed by atoms with Crippen molar-refractivity contribution in [3.63, 3.8) is 0 Å². The average molecular weight is 176 g/mol. The van der Waals surface area contributed by atoms with Gasteiger partial charge in [-0.3, -0.25) is 0 Å². The zero-order valence-electron chi connectivity index (χ0n) is 7.26. The van der Waals surface area contributed by atoms with Crippen molar-refractivity contribution in [2.45, 2.75) is 0 Å². The number of hydrogen-bond acceptors (Lipinski definition) is 2. The van der Waals surface area contributed by atoms with Gasteiger partial charge in [-0.1, -0.05) is 42.5 Å². The van der Waals surface area contributed by atoms with E-state index in [1.54, 1.807) is 6.08 Å². The maximum Gasteiger partial charge on any atom is 0.129 e. The molecule has 1 N–H and O–H groups in total. The van der Waals surface area contributed by atoms with Crippen LogP contribution < -0.4 is 0 Å². The van der Waals surface area contributed by atoms with Gasteiger partial charge in [-0.05, 0) is 5.56 Å². The molecule has 1 aromatic carbocycles. The summed E-state index contributed by atoms with van der Waals surface area (Å²) in [5.41, 5.74) is 1.03. The van der Waals surface area contributed by atoms with Gasteiger partial charge in [-0.25, -0.2) is 0 Å². The molecule has 2 nitrogen and oxygen atoms in total. The van der Waals surface area contributed by atoms with E-state index in [0.29, 0.717) is 0 Å². The summed E-state index contributed by atoms with van der Waals surface area (Å²) in [6, 6.07) is 9.66. The van der Waals surface area contributed by atoms with Gasteiger partial charge in [0.25, 0.3) is 0 Å². The predicted octanol–water partition coefficient (Wildman–Crippen LogP) is 1.51. The van der Waals surface area contributed by atoms with Gasteiger partial charge in [0.05, 0.1) is 12.5 Å². The molecule has 0 saturated carbocycles. The van der Waals surface area contributed by atoms with Crippen molar-refractivity contribution in [2.24, 2.45) is 5.92 Å². The van der Waals surface area contributed by atoms with Crippen molar-refractivity contribution >= 4 is 12.4 Å².